The molecule has 1 aliphatic heterocycles. The molecule has 238 valence electrons. The molecule has 0 spiro atoms. The summed E-state index contributed by atoms with van der Waals surface area (Å²) in [7, 11) is 1.58. The minimum absolute atomic E-state index is 0.0709. The number of esters is 1. The van der Waals surface area contributed by atoms with Crippen molar-refractivity contribution in [3.8, 4) is 17.2 Å². The highest BCUT2D eigenvalue weighted by Crippen LogP contribution is 2.38. The predicted molar refractivity (Wildman–Crippen MR) is 169 cm³/mol. The molecule has 0 saturated carbocycles. The summed E-state index contributed by atoms with van der Waals surface area (Å²) in [6, 6.07) is 10.8. The third-order valence-corrected chi connectivity index (χ3v) is 7.28. The summed E-state index contributed by atoms with van der Waals surface area (Å²) in [4.78, 5) is 34.6. The number of aryl methyl sites for hydroxylation is 1. The molecule has 0 aliphatic carbocycles. The van der Waals surface area contributed by atoms with Crippen molar-refractivity contribution in [2.24, 2.45) is 0 Å². The number of rotatable bonds is 12. The number of methoxy groups -OCH3 is 1. The van der Waals surface area contributed by atoms with E-state index in [0.29, 0.717) is 66.7 Å². The van der Waals surface area contributed by atoms with Gasteiger partial charge in [0.15, 0.2) is 11.5 Å². The highest BCUT2D eigenvalue weighted by atomic mass is 16.5. The third-order valence-electron chi connectivity index (χ3n) is 7.28. The van der Waals surface area contributed by atoms with E-state index in [4.69, 9.17) is 18.9 Å². The van der Waals surface area contributed by atoms with E-state index in [2.05, 4.69) is 30.6 Å². The maximum absolute atomic E-state index is 13.1. The number of nitrogens with one attached hydrogen (secondary N) is 2. The Morgan fingerprint density at radius 2 is 1.82 bits per heavy atom. The van der Waals surface area contributed by atoms with Gasteiger partial charge in [-0.2, -0.15) is 15.4 Å². The van der Waals surface area contributed by atoms with Gasteiger partial charge >= 0.3 is 12.0 Å². The number of carbonyl (C=O) groups is 2. The van der Waals surface area contributed by atoms with Crippen LogP contribution in [-0.2, 0) is 11.2 Å². The van der Waals surface area contributed by atoms with E-state index in [1.165, 1.54) is 0 Å². The molecule has 1 saturated heterocycles. The monoisotopic (exact) mass is 617 g/mol. The van der Waals surface area contributed by atoms with Crippen molar-refractivity contribution in [1.29, 1.82) is 0 Å². The van der Waals surface area contributed by atoms with Crippen LogP contribution in [0.15, 0.2) is 48.8 Å². The van der Waals surface area contributed by atoms with Crippen molar-refractivity contribution in [2.75, 3.05) is 56.7 Å². The molecule has 2 amide bonds. The molecule has 1 fully saturated rings. The zero-order valence-electron chi connectivity index (χ0n) is 26.0. The molecule has 13 heteroatoms. The molecule has 45 heavy (non-hydrogen) atoms. The smallest absolute Gasteiger partial charge is 0.341 e. The van der Waals surface area contributed by atoms with Crippen LogP contribution in [0.3, 0.4) is 0 Å². The van der Waals surface area contributed by atoms with Gasteiger partial charge in [-0.3, -0.25) is 4.98 Å². The molecule has 5 rings (SSSR count). The summed E-state index contributed by atoms with van der Waals surface area (Å²) < 4.78 is 22.8. The topological polar surface area (TPSA) is 144 Å². The first-order valence-corrected chi connectivity index (χ1v) is 15.1. The summed E-state index contributed by atoms with van der Waals surface area (Å²) in [5, 5.41) is 14.2. The number of piperazine rings is 1. The second-order valence-electron chi connectivity index (χ2n) is 10.8. The summed E-state index contributed by atoms with van der Waals surface area (Å²) in [5.74, 6) is 1.37. The van der Waals surface area contributed by atoms with Gasteiger partial charge in [0.2, 0.25) is 0 Å². The Morgan fingerprint density at radius 3 is 2.49 bits per heavy atom. The minimum atomic E-state index is -0.459. The number of ether oxygens (including phenoxy) is 4. The van der Waals surface area contributed by atoms with Gasteiger partial charge in [0, 0.05) is 49.5 Å². The molecule has 0 unspecified atom stereocenters. The van der Waals surface area contributed by atoms with Crippen molar-refractivity contribution < 1.29 is 28.5 Å². The van der Waals surface area contributed by atoms with Crippen molar-refractivity contribution >= 4 is 34.3 Å². The number of anilines is 2. The van der Waals surface area contributed by atoms with Gasteiger partial charge < -0.3 is 34.1 Å². The Labute approximate surface area is 261 Å². The number of hydrogen-bond acceptors (Lipinski definition) is 10. The number of aromatic nitrogens is 4. The van der Waals surface area contributed by atoms with E-state index in [9.17, 15) is 9.59 Å². The third kappa shape index (κ3) is 7.72. The number of hydrogen-bond donors (Lipinski definition) is 2. The average Bonchev–Trinajstić information content (AvgIpc) is 3.57. The molecule has 2 N–H and O–H groups in total. The molecule has 0 bridgehead atoms. The number of fused-ring (bicyclic) bond motifs is 1. The number of aromatic amines is 1. The van der Waals surface area contributed by atoms with Crippen LogP contribution in [0.5, 0.6) is 17.2 Å². The van der Waals surface area contributed by atoms with Crippen molar-refractivity contribution in [3.05, 3.63) is 60.0 Å². The number of H-pyrrole nitrogens is 1. The van der Waals surface area contributed by atoms with Gasteiger partial charge in [0.1, 0.15) is 11.3 Å². The fourth-order valence-electron chi connectivity index (χ4n) is 5.16. The molecule has 2 aromatic heterocycles. The van der Waals surface area contributed by atoms with Gasteiger partial charge in [0.25, 0.3) is 0 Å². The molecule has 3 heterocycles. The summed E-state index contributed by atoms with van der Waals surface area (Å²) >= 11 is 0. The lowest BCUT2D eigenvalue weighted by Gasteiger charge is -2.37. The fraction of sp³-hybridized carbons (Fsp3) is 0.406. The number of benzene rings is 2. The fourth-order valence-corrected chi connectivity index (χ4v) is 5.16. The lowest BCUT2D eigenvalue weighted by molar-refractivity contribution is 0.0526. The molecular formula is C32H39N7O6. The lowest BCUT2D eigenvalue weighted by atomic mass is 10.1. The summed E-state index contributed by atoms with van der Waals surface area (Å²) in [6.45, 7) is 8.30. The van der Waals surface area contributed by atoms with E-state index >= 15 is 0 Å². The number of nitrogens with zero attached hydrogens (tertiary/aromatic N) is 5. The lowest BCUT2D eigenvalue weighted by Crippen LogP contribution is -2.50. The van der Waals surface area contributed by atoms with E-state index in [-0.39, 0.29) is 18.7 Å². The first-order chi connectivity index (χ1) is 21.9. The van der Waals surface area contributed by atoms with Crippen LogP contribution in [0.4, 0.5) is 16.2 Å². The zero-order valence-corrected chi connectivity index (χ0v) is 26.0. The largest absolute Gasteiger partial charge is 0.493 e. The van der Waals surface area contributed by atoms with E-state index < -0.39 is 5.97 Å². The van der Waals surface area contributed by atoms with Crippen molar-refractivity contribution in [3.63, 3.8) is 0 Å². The predicted octanol–water partition coefficient (Wildman–Crippen LogP) is 4.69. The molecular weight excluding hydrogens is 578 g/mol. The first-order valence-electron chi connectivity index (χ1n) is 15.1. The van der Waals surface area contributed by atoms with Gasteiger partial charge in [0.05, 0.1) is 49.5 Å². The highest BCUT2D eigenvalue weighted by molar-refractivity contribution is 6.06. The normalized spacial score (nSPS) is 13.2. The molecule has 0 atom stereocenters. The quantitative estimate of drug-likeness (QED) is 0.170. The van der Waals surface area contributed by atoms with Crippen LogP contribution >= 0.6 is 0 Å². The molecule has 13 nitrogen and oxygen atoms in total. The van der Waals surface area contributed by atoms with Crippen molar-refractivity contribution in [2.45, 2.75) is 39.7 Å². The highest BCUT2D eigenvalue weighted by Gasteiger charge is 2.28. The number of amides is 2. The zero-order chi connectivity index (χ0) is 31.8. The Kier molecular flexibility index (Phi) is 10.2. The van der Waals surface area contributed by atoms with Gasteiger partial charge in [-0.1, -0.05) is 0 Å². The molecule has 1 aliphatic rings. The SMILES string of the molecule is CCOC(=O)c1cnc2cc(OCCCc3cn[nH]n3)c(OC)cc2c1N1CCN(C(=O)Nc2ccc(OC(C)C)cc2)CC1. The van der Waals surface area contributed by atoms with Crippen LogP contribution in [0.1, 0.15) is 43.2 Å². The standard InChI is InChI=1S/C32H39N7O6/c1-5-43-31(40)26-20-33-27-18-29(44-16-6-7-23-19-34-37-36-23)28(42-4)17-25(27)30(26)38-12-14-39(15-13-38)32(41)35-22-8-10-24(11-9-22)45-21(2)3/h8-11,17-21H,5-7,12-16H2,1-4H3,(H,35,41)(H,34,36,37). The van der Waals surface area contributed by atoms with Gasteiger partial charge in [-0.25, -0.2) is 9.59 Å². The molecule has 2 aromatic carbocycles. The molecule has 4 aromatic rings. The van der Waals surface area contributed by atoms with Gasteiger partial charge in [-0.05, 0) is 63.9 Å². The van der Waals surface area contributed by atoms with E-state index in [0.717, 1.165) is 29.7 Å². The van der Waals surface area contributed by atoms with Crippen LogP contribution in [0.2, 0.25) is 0 Å². The van der Waals surface area contributed by atoms with E-state index in [1.807, 2.05) is 50.2 Å². The Bertz CT molecular complexity index is 1590. The number of urea groups is 1. The summed E-state index contributed by atoms with van der Waals surface area (Å²) in [6.07, 6.45) is 4.77. The van der Waals surface area contributed by atoms with Crippen LogP contribution in [0, 0.1) is 0 Å². The van der Waals surface area contributed by atoms with Crippen LogP contribution in [-0.4, -0.2) is 89.9 Å². The molecule has 0 radical (unpaired) electrons. The van der Waals surface area contributed by atoms with Gasteiger partial charge in [-0.15, -0.1) is 0 Å². The second kappa shape index (κ2) is 14.6. The Hall–Kier alpha value is -5.07. The maximum atomic E-state index is 13.1. The Balaban J connectivity index is 1.32. The average molecular weight is 618 g/mol. The van der Waals surface area contributed by atoms with Crippen molar-refractivity contribution in [1.82, 2.24) is 25.3 Å². The minimum Gasteiger partial charge on any atom is -0.493 e. The van der Waals surface area contributed by atoms with Crippen LogP contribution < -0.4 is 24.4 Å². The van der Waals surface area contributed by atoms with E-state index in [1.54, 1.807) is 31.3 Å². The summed E-state index contributed by atoms with van der Waals surface area (Å²) in [5.41, 5.74) is 3.25. The maximum Gasteiger partial charge on any atom is 0.341 e. The number of carbonyl (C=O) groups excluding carboxylic acids is 2. The van der Waals surface area contributed by atoms with Crippen LogP contribution in [0.25, 0.3) is 10.9 Å². The second-order valence-corrected chi connectivity index (χ2v) is 10.8. The Morgan fingerprint density at radius 1 is 1.04 bits per heavy atom. The number of pyridine rings is 1. The first kappa shape index (κ1) is 31.4.